The highest BCUT2D eigenvalue weighted by Gasteiger charge is 2.16. The smallest absolute Gasteiger partial charge is 0.212 e. The number of halogens is 3. The van der Waals surface area contributed by atoms with Crippen LogP contribution in [0.15, 0.2) is 12.1 Å². The maximum Gasteiger partial charge on any atom is 0.236 e. The lowest BCUT2D eigenvalue weighted by Crippen LogP contribution is -2.01. The first kappa shape index (κ1) is 11.8. The zero-order valence-electron chi connectivity index (χ0n) is 7.22. The first-order chi connectivity index (χ1) is 6.31. The minimum absolute atomic E-state index is 0.0670. The van der Waals surface area contributed by atoms with Gasteiger partial charge in [0.1, 0.15) is 5.82 Å². The highest BCUT2D eigenvalue weighted by molar-refractivity contribution is 8.13. The molecule has 0 aliphatic heterocycles. The van der Waals surface area contributed by atoms with Crippen molar-refractivity contribution in [1.29, 1.82) is 0 Å². The van der Waals surface area contributed by atoms with Gasteiger partial charge < -0.3 is 0 Å². The molecule has 0 bridgehead atoms. The molecule has 1 aromatic carbocycles. The van der Waals surface area contributed by atoms with Gasteiger partial charge in [0, 0.05) is 21.3 Å². The van der Waals surface area contributed by atoms with Crippen LogP contribution >= 0.6 is 22.3 Å². The van der Waals surface area contributed by atoms with Gasteiger partial charge in [0.05, 0.1) is 5.75 Å². The Kier molecular flexibility index (Phi) is 3.40. The number of hydrogen-bond acceptors (Lipinski definition) is 2. The Bertz CT molecular complexity index is 457. The Morgan fingerprint density at radius 2 is 2.00 bits per heavy atom. The molecule has 1 rings (SSSR count). The molecule has 2 nitrogen and oxygen atoms in total. The van der Waals surface area contributed by atoms with Crippen molar-refractivity contribution in [1.82, 2.24) is 0 Å². The lowest BCUT2D eigenvalue weighted by Gasteiger charge is -2.05. The predicted octanol–water partition coefficient (Wildman–Crippen LogP) is 2.86. The molecular formula is C8H7Cl2FO2S. The molecule has 0 aliphatic carbocycles. The summed E-state index contributed by atoms with van der Waals surface area (Å²) in [6.45, 7) is 1.52. The predicted molar refractivity (Wildman–Crippen MR) is 54.6 cm³/mol. The lowest BCUT2D eigenvalue weighted by molar-refractivity contribution is 0.593. The van der Waals surface area contributed by atoms with E-state index in [4.69, 9.17) is 22.3 Å². The lowest BCUT2D eigenvalue weighted by atomic mass is 10.1. The zero-order chi connectivity index (χ0) is 10.9. The Balaban J connectivity index is 3.27. The molecule has 0 aliphatic rings. The van der Waals surface area contributed by atoms with Gasteiger partial charge in [-0.05, 0) is 18.6 Å². The van der Waals surface area contributed by atoms with Gasteiger partial charge in [-0.3, -0.25) is 0 Å². The van der Waals surface area contributed by atoms with Crippen LogP contribution in [0.3, 0.4) is 0 Å². The summed E-state index contributed by atoms with van der Waals surface area (Å²) in [6.07, 6.45) is 0. The molecule has 0 saturated heterocycles. The van der Waals surface area contributed by atoms with Crippen molar-refractivity contribution < 1.29 is 12.8 Å². The summed E-state index contributed by atoms with van der Waals surface area (Å²) in [5.41, 5.74) is 0.256. The van der Waals surface area contributed by atoms with Gasteiger partial charge in [0.25, 0.3) is 0 Å². The van der Waals surface area contributed by atoms with Crippen LogP contribution in [0.4, 0.5) is 4.39 Å². The van der Waals surface area contributed by atoms with Gasteiger partial charge in [0.2, 0.25) is 9.05 Å². The SMILES string of the molecule is Cc1ccc(Cl)c(CS(=O)(=O)Cl)c1F. The van der Waals surface area contributed by atoms with E-state index in [1.54, 1.807) is 0 Å². The van der Waals surface area contributed by atoms with Crippen molar-refractivity contribution in [2.45, 2.75) is 12.7 Å². The fourth-order valence-corrected chi connectivity index (χ4v) is 2.27. The van der Waals surface area contributed by atoms with Crippen LogP contribution < -0.4 is 0 Å². The maximum absolute atomic E-state index is 13.4. The van der Waals surface area contributed by atoms with Crippen LogP contribution in [0.1, 0.15) is 11.1 Å². The van der Waals surface area contributed by atoms with E-state index < -0.39 is 20.6 Å². The minimum atomic E-state index is -3.79. The average molecular weight is 257 g/mol. The van der Waals surface area contributed by atoms with Gasteiger partial charge in [-0.15, -0.1) is 0 Å². The molecule has 0 spiro atoms. The van der Waals surface area contributed by atoms with Crippen LogP contribution in [0, 0.1) is 12.7 Å². The molecule has 0 fully saturated rings. The zero-order valence-corrected chi connectivity index (χ0v) is 9.55. The summed E-state index contributed by atoms with van der Waals surface area (Å²) < 4.78 is 34.9. The molecule has 0 heterocycles. The number of hydrogen-bond donors (Lipinski definition) is 0. The van der Waals surface area contributed by atoms with E-state index >= 15 is 0 Å². The second-order valence-electron chi connectivity index (χ2n) is 2.84. The molecular weight excluding hydrogens is 250 g/mol. The van der Waals surface area contributed by atoms with E-state index in [0.717, 1.165) is 0 Å². The summed E-state index contributed by atoms with van der Waals surface area (Å²) in [7, 11) is 1.22. The van der Waals surface area contributed by atoms with Crippen molar-refractivity contribution >= 4 is 31.3 Å². The van der Waals surface area contributed by atoms with Gasteiger partial charge in [-0.1, -0.05) is 17.7 Å². The third kappa shape index (κ3) is 2.83. The number of rotatable bonds is 2. The quantitative estimate of drug-likeness (QED) is 0.763. The first-order valence-corrected chi connectivity index (χ1v) is 6.52. The monoisotopic (exact) mass is 256 g/mol. The van der Waals surface area contributed by atoms with Gasteiger partial charge in [-0.25, -0.2) is 12.8 Å². The van der Waals surface area contributed by atoms with Crippen LogP contribution in [-0.4, -0.2) is 8.42 Å². The second-order valence-corrected chi connectivity index (χ2v) is 6.02. The maximum atomic E-state index is 13.4. The normalized spacial score (nSPS) is 11.7. The standard InChI is InChI=1S/C8H7Cl2FO2S/c1-5-2-3-7(9)6(8(5)11)4-14(10,12)13/h2-3H,4H2,1H3. The highest BCUT2D eigenvalue weighted by atomic mass is 35.7. The van der Waals surface area contributed by atoms with Crippen LogP contribution in [-0.2, 0) is 14.8 Å². The third-order valence-corrected chi connectivity index (χ3v) is 3.01. The van der Waals surface area contributed by atoms with Crippen LogP contribution in [0.2, 0.25) is 5.02 Å². The molecule has 1 aromatic rings. The Morgan fingerprint density at radius 3 is 2.50 bits per heavy atom. The fourth-order valence-electron chi connectivity index (χ4n) is 1.02. The van der Waals surface area contributed by atoms with Crippen LogP contribution in [0.5, 0.6) is 0 Å². The van der Waals surface area contributed by atoms with Crippen LogP contribution in [0.25, 0.3) is 0 Å². The van der Waals surface area contributed by atoms with E-state index in [-0.39, 0.29) is 10.6 Å². The molecule has 0 aromatic heterocycles. The summed E-state index contributed by atoms with van der Waals surface area (Å²) in [6, 6.07) is 2.92. The topological polar surface area (TPSA) is 34.1 Å². The van der Waals surface area contributed by atoms with E-state index in [9.17, 15) is 12.8 Å². The summed E-state index contributed by atoms with van der Waals surface area (Å²) in [5.74, 6) is -1.22. The van der Waals surface area contributed by atoms with Gasteiger partial charge >= 0.3 is 0 Å². The molecule has 0 atom stereocenters. The molecule has 78 valence electrons. The first-order valence-electron chi connectivity index (χ1n) is 3.67. The molecule has 0 N–H and O–H groups in total. The van der Waals surface area contributed by atoms with E-state index in [0.29, 0.717) is 5.56 Å². The Hall–Kier alpha value is -0.320. The number of benzene rings is 1. The molecule has 0 radical (unpaired) electrons. The second kappa shape index (κ2) is 4.04. The third-order valence-electron chi connectivity index (χ3n) is 1.70. The van der Waals surface area contributed by atoms with Gasteiger partial charge in [-0.2, -0.15) is 0 Å². The Morgan fingerprint density at radius 1 is 1.43 bits per heavy atom. The summed E-state index contributed by atoms with van der Waals surface area (Å²) in [5, 5.41) is 0.0670. The van der Waals surface area contributed by atoms with E-state index in [1.165, 1.54) is 19.1 Å². The van der Waals surface area contributed by atoms with E-state index in [1.807, 2.05) is 0 Å². The van der Waals surface area contributed by atoms with E-state index in [2.05, 4.69) is 0 Å². The number of aryl methyl sites for hydroxylation is 1. The van der Waals surface area contributed by atoms with Gasteiger partial charge in [0.15, 0.2) is 0 Å². The summed E-state index contributed by atoms with van der Waals surface area (Å²) in [4.78, 5) is 0. The van der Waals surface area contributed by atoms with Crippen molar-refractivity contribution in [3.63, 3.8) is 0 Å². The van der Waals surface area contributed by atoms with Crippen molar-refractivity contribution in [2.75, 3.05) is 0 Å². The largest absolute Gasteiger partial charge is 0.236 e. The molecule has 6 heteroatoms. The fraction of sp³-hybridized carbons (Fsp3) is 0.250. The summed E-state index contributed by atoms with van der Waals surface area (Å²) >= 11 is 5.64. The molecule has 0 amide bonds. The van der Waals surface area contributed by atoms with Crippen molar-refractivity contribution in [3.05, 3.63) is 34.1 Å². The van der Waals surface area contributed by atoms with Crippen molar-refractivity contribution in [3.8, 4) is 0 Å². The molecule has 14 heavy (non-hydrogen) atoms. The Labute approximate surface area is 91.1 Å². The molecule has 0 unspecified atom stereocenters. The van der Waals surface area contributed by atoms with Crippen molar-refractivity contribution in [2.24, 2.45) is 0 Å². The minimum Gasteiger partial charge on any atom is -0.212 e. The average Bonchev–Trinajstić information content (AvgIpc) is 2.04. The molecule has 0 saturated carbocycles. The highest BCUT2D eigenvalue weighted by Crippen LogP contribution is 2.24.